The summed E-state index contributed by atoms with van der Waals surface area (Å²) < 4.78 is 0. The average molecular weight is 746 g/mol. The number of carboxylic acids is 2. The molecule has 5 atom stereocenters. The van der Waals surface area contributed by atoms with Gasteiger partial charge in [-0.15, -0.1) is 20.4 Å². The fourth-order valence-corrected chi connectivity index (χ4v) is 7.60. The molecule has 5 rings (SSSR count). The van der Waals surface area contributed by atoms with E-state index < -0.39 is 35.6 Å². The van der Waals surface area contributed by atoms with Gasteiger partial charge in [0.05, 0.1) is 17.9 Å². The predicted octanol–water partition coefficient (Wildman–Crippen LogP) is 3.77. The number of carbonyl (C=O) groups is 2. The van der Waals surface area contributed by atoms with Crippen molar-refractivity contribution in [2.75, 3.05) is 56.6 Å². The van der Waals surface area contributed by atoms with Crippen LogP contribution in [0.25, 0.3) is 0 Å². The minimum atomic E-state index is -0.892. The topological polar surface area (TPSA) is 213 Å². The van der Waals surface area contributed by atoms with Crippen LogP contribution in [0, 0.1) is 11.8 Å². The van der Waals surface area contributed by atoms with E-state index in [0.29, 0.717) is 56.8 Å². The van der Waals surface area contributed by atoms with Gasteiger partial charge in [0.15, 0.2) is 11.6 Å². The maximum absolute atomic E-state index is 12.9. The Bertz CT molecular complexity index is 1720. The number of hydrogen-bond donors (Lipinski definition) is 5. The fourth-order valence-electron chi connectivity index (χ4n) is 7.60. The van der Waals surface area contributed by atoms with Crippen molar-refractivity contribution in [1.29, 1.82) is 0 Å². The van der Waals surface area contributed by atoms with Crippen molar-refractivity contribution in [3.8, 4) is 0 Å². The van der Waals surface area contributed by atoms with E-state index in [-0.39, 0.29) is 6.10 Å². The third kappa shape index (κ3) is 11.3. The number of aliphatic hydroxyl groups excluding tert-OH is 1. The molecule has 0 bridgehead atoms. The number of unbranched alkanes of at least 4 members (excludes halogenated alkanes) is 1. The number of nitrogens with one attached hydrogen (secondary N) is 2. The molecule has 3 heterocycles. The second kappa shape index (κ2) is 19.9. The number of rotatable bonds is 22. The number of carboxylic acid groups (broad SMARTS) is 2. The molecular formula is C38H55N11O5. The van der Waals surface area contributed by atoms with Crippen molar-refractivity contribution < 1.29 is 24.9 Å². The van der Waals surface area contributed by atoms with Gasteiger partial charge in [-0.1, -0.05) is 54.5 Å². The molecule has 1 aliphatic rings. The lowest BCUT2D eigenvalue weighted by Crippen LogP contribution is -2.38. The van der Waals surface area contributed by atoms with Crippen molar-refractivity contribution in [1.82, 2.24) is 46.1 Å². The van der Waals surface area contributed by atoms with Gasteiger partial charge >= 0.3 is 11.9 Å². The smallest absolute Gasteiger partial charge is 0.307 e. The number of hydrogen-bond acceptors (Lipinski definition) is 12. The van der Waals surface area contributed by atoms with Crippen molar-refractivity contribution in [2.45, 2.75) is 82.7 Å². The standard InChI is InChI=1S/C38H55N11O5/c1-4-10-31(37(51)52)33(35-39-43-44-40-35)23-26-11-7-13-28(21-26)48(20-19-47(2)3)17-6-5-16-32(38(53)54)34(36-41-45-46-42-36)24-27-12-8-14-29(22-27)49-18-9-15-30(50)25-49/h7-8,11-14,21-22,30-34,50H,4-6,9-10,15-20,23-25H2,1-3H3,(H,51,52)(H,53,54)(H,39,40,43,44)(H,41,42,45,46). The van der Waals surface area contributed by atoms with Crippen molar-refractivity contribution in [2.24, 2.45) is 11.8 Å². The van der Waals surface area contributed by atoms with E-state index in [0.717, 1.165) is 67.8 Å². The number of anilines is 2. The lowest BCUT2D eigenvalue weighted by atomic mass is 9.82. The highest BCUT2D eigenvalue weighted by atomic mass is 16.4. The molecule has 0 amide bonds. The number of nitrogens with zero attached hydrogens (tertiary/aromatic N) is 9. The Labute approximate surface area is 316 Å². The Morgan fingerprint density at radius 2 is 1.48 bits per heavy atom. The molecule has 292 valence electrons. The number of tetrazole rings is 2. The number of H-pyrrole nitrogens is 2. The van der Waals surface area contributed by atoms with Crippen LogP contribution >= 0.6 is 0 Å². The van der Waals surface area contributed by atoms with E-state index in [2.05, 4.69) is 74.1 Å². The summed E-state index contributed by atoms with van der Waals surface area (Å²) in [6.45, 7) is 5.71. The Balaban J connectivity index is 1.28. The molecule has 4 aromatic rings. The van der Waals surface area contributed by atoms with Crippen molar-refractivity contribution in [3.05, 3.63) is 71.3 Å². The summed E-state index contributed by atoms with van der Waals surface area (Å²) in [6, 6.07) is 16.3. The van der Waals surface area contributed by atoms with Crippen LogP contribution < -0.4 is 9.80 Å². The second-order valence-electron chi connectivity index (χ2n) is 14.7. The summed E-state index contributed by atoms with van der Waals surface area (Å²) in [5.74, 6) is -3.28. The maximum atomic E-state index is 12.9. The highest BCUT2D eigenvalue weighted by molar-refractivity contribution is 5.71. The second-order valence-corrected chi connectivity index (χ2v) is 14.7. The van der Waals surface area contributed by atoms with Crippen LogP contribution in [0.15, 0.2) is 48.5 Å². The number of likely N-dealkylation sites (N-methyl/N-ethyl adjacent to an activating group) is 1. The third-order valence-electron chi connectivity index (χ3n) is 10.5. The van der Waals surface area contributed by atoms with Crippen LogP contribution in [0.1, 0.15) is 86.5 Å². The summed E-state index contributed by atoms with van der Waals surface area (Å²) in [7, 11) is 4.07. The minimum Gasteiger partial charge on any atom is -0.481 e. The molecule has 54 heavy (non-hydrogen) atoms. The predicted molar refractivity (Wildman–Crippen MR) is 203 cm³/mol. The molecule has 2 aromatic carbocycles. The van der Waals surface area contributed by atoms with E-state index >= 15 is 0 Å². The lowest BCUT2D eigenvalue weighted by Gasteiger charge is -2.32. The van der Waals surface area contributed by atoms with E-state index in [1.54, 1.807) is 0 Å². The molecule has 16 nitrogen and oxygen atoms in total. The molecule has 0 radical (unpaired) electrons. The zero-order valence-electron chi connectivity index (χ0n) is 31.6. The summed E-state index contributed by atoms with van der Waals surface area (Å²) in [6.07, 6.45) is 5.35. The van der Waals surface area contributed by atoms with Crippen LogP contribution in [0.4, 0.5) is 11.4 Å². The minimum absolute atomic E-state index is 0.356. The van der Waals surface area contributed by atoms with E-state index in [9.17, 15) is 24.9 Å². The number of aliphatic hydroxyl groups is 1. The molecule has 1 aliphatic heterocycles. The van der Waals surface area contributed by atoms with Gasteiger partial charge in [-0.3, -0.25) is 9.59 Å². The molecule has 1 saturated heterocycles. The molecule has 0 spiro atoms. The fraction of sp³-hybridized carbons (Fsp3) is 0.579. The molecule has 0 aliphatic carbocycles. The Kier molecular flexibility index (Phi) is 14.8. The Hall–Kier alpha value is -4.96. The number of aromatic nitrogens is 8. The van der Waals surface area contributed by atoms with Crippen LogP contribution in [-0.2, 0) is 22.4 Å². The summed E-state index contributed by atoms with van der Waals surface area (Å²) >= 11 is 0. The first-order valence-corrected chi connectivity index (χ1v) is 19.1. The Morgan fingerprint density at radius 3 is 2.06 bits per heavy atom. The first kappa shape index (κ1) is 40.2. The normalized spacial score (nSPS) is 16.9. The average Bonchev–Trinajstić information content (AvgIpc) is 3.89. The maximum Gasteiger partial charge on any atom is 0.307 e. The van der Waals surface area contributed by atoms with Gasteiger partial charge in [-0.2, -0.15) is 10.4 Å². The van der Waals surface area contributed by atoms with Gasteiger partial charge in [0.1, 0.15) is 0 Å². The van der Waals surface area contributed by atoms with Crippen LogP contribution in [0.2, 0.25) is 0 Å². The first-order valence-electron chi connectivity index (χ1n) is 19.1. The molecule has 16 heteroatoms. The van der Waals surface area contributed by atoms with Gasteiger partial charge < -0.3 is 30.0 Å². The van der Waals surface area contributed by atoms with Gasteiger partial charge in [-0.25, -0.2) is 0 Å². The summed E-state index contributed by atoms with van der Waals surface area (Å²) in [5.41, 5.74) is 3.99. The van der Waals surface area contributed by atoms with Gasteiger partial charge in [0.25, 0.3) is 0 Å². The summed E-state index contributed by atoms with van der Waals surface area (Å²) in [5, 5.41) is 60.1. The third-order valence-corrected chi connectivity index (χ3v) is 10.5. The van der Waals surface area contributed by atoms with E-state index in [1.807, 2.05) is 51.4 Å². The SMILES string of the molecule is CCCC(C(=O)O)C(Cc1cccc(N(CCCCC(C(=O)O)C(Cc2cccc(N3CCCC(O)C3)c2)c2nn[nH]n2)CCN(C)C)c1)c1nn[nH]n1. The Morgan fingerprint density at radius 1 is 0.852 bits per heavy atom. The molecular weight excluding hydrogens is 690 g/mol. The van der Waals surface area contributed by atoms with Crippen molar-refractivity contribution in [3.63, 3.8) is 0 Å². The molecule has 2 aromatic heterocycles. The molecule has 1 fully saturated rings. The first-order chi connectivity index (χ1) is 26.1. The zero-order valence-corrected chi connectivity index (χ0v) is 31.6. The number of aliphatic carboxylic acids is 2. The van der Waals surface area contributed by atoms with Gasteiger partial charge in [0, 0.05) is 55.9 Å². The lowest BCUT2D eigenvalue weighted by molar-refractivity contribution is -0.144. The number of aromatic amines is 2. The van der Waals surface area contributed by atoms with Gasteiger partial charge in [-0.05, 0) is 94.4 Å². The van der Waals surface area contributed by atoms with Crippen LogP contribution in [0.5, 0.6) is 0 Å². The summed E-state index contributed by atoms with van der Waals surface area (Å²) in [4.78, 5) is 31.8. The van der Waals surface area contributed by atoms with Gasteiger partial charge in [0.2, 0.25) is 0 Å². The van der Waals surface area contributed by atoms with E-state index in [1.165, 1.54) is 0 Å². The monoisotopic (exact) mass is 745 g/mol. The number of β-amino-alcohol motifs (C(OH)–C–C–N with tert-alkyl or cyclic N) is 1. The van der Waals surface area contributed by atoms with Crippen LogP contribution in [-0.4, -0.2) is 126 Å². The molecule has 0 saturated carbocycles. The quantitative estimate of drug-likeness (QED) is 0.0725. The van der Waals surface area contributed by atoms with Crippen molar-refractivity contribution >= 4 is 23.3 Å². The molecule has 5 N–H and O–H groups in total. The largest absolute Gasteiger partial charge is 0.481 e. The highest BCUT2D eigenvalue weighted by Gasteiger charge is 2.34. The van der Waals surface area contributed by atoms with Crippen LogP contribution in [0.3, 0.4) is 0 Å². The zero-order chi connectivity index (χ0) is 38.5. The number of benzene rings is 2. The van der Waals surface area contributed by atoms with E-state index in [4.69, 9.17) is 0 Å². The number of piperidine rings is 1. The molecule has 5 unspecified atom stereocenters. The highest BCUT2D eigenvalue weighted by Crippen LogP contribution is 2.33.